The lowest BCUT2D eigenvalue weighted by atomic mass is 9.83. The Morgan fingerprint density at radius 1 is 1.27 bits per heavy atom. The first kappa shape index (κ1) is 12.9. The van der Waals surface area contributed by atoms with E-state index in [1.54, 1.807) is 0 Å². The van der Waals surface area contributed by atoms with Crippen LogP contribution in [-0.4, -0.2) is 38.0 Å². The van der Waals surface area contributed by atoms with Crippen LogP contribution in [0.3, 0.4) is 0 Å². The Kier molecular flexibility index (Phi) is 6.22. The molecule has 1 saturated carbocycles. The van der Waals surface area contributed by atoms with Crippen molar-refractivity contribution in [2.75, 3.05) is 32.9 Å². The Balaban J connectivity index is 2.02. The molecule has 0 aromatic carbocycles. The lowest BCUT2D eigenvalue weighted by molar-refractivity contribution is 0.0920. The summed E-state index contributed by atoms with van der Waals surface area (Å²) >= 11 is 0. The van der Waals surface area contributed by atoms with Gasteiger partial charge in [-0.1, -0.05) is 19.8 Å². The van der Waals surface area contributed by atoms with E-state index in [-0.39, 0.29) is 6.61 Å². The first-order valence-electron chi connectivity index (χ1n) is 6.22. The highest BCUT2D eigenvalue weighted by atomic mass is 16.5. The van der Waals surface area contributed by atoms with Crippen molar-refractivity contribution in [3.8, 4) is 0 Å². The van der Waals surface area contributed by atoms with Gasteiger partial charge >= 0.3 is 0 Å². The van der Waals surface area contributed by atoms with Crippen LogP contribution in [0.2, 0.25) is 0 Å². The largest absolute Gasteiger partial charge is 0.394 e. The first-order chi connectivity index (χ1) is 7.33. The molecule has 0 aliphatic heterocycles. The van der Waals surface area contributed by atoms with Crippen LogP contribution >= 0.6 is 0 Å². The standard InChI is InChI=1S/C12H25NO2/c1-2-12(5-3-4-6-12)11-13-7-9-15-10-8-14/h13-14H,2-11H2,1H3. The highest BCUT2D eigenvalue weighted by molar-refractivity contribution is 4.85. The molecule has 0 aromatic heterocycles. The molecule has 2 N–H and O–H groups in total. The molecule has 0 heterocycles. The van der Waals surface area contributed by atoms with Crippen molar-refractivity contribution in [2.24, 2.45) is 5.41 Å². The maximum absolute atomic E-state index is 8.53. The third-order valence-corrected chi connectivity index (χ3v) is 3.57. The molecular formula is C12H25NO2. The van der Waals surface area contributed by atoms with Crippen molar-refractivity contribution in [2.45, 2.75) is 39.0 Å². The summed E-state index contributed by atoms with van der Waals surface area (Å²) in [6, 6.07) is 0. The predicted molar refractivity (Wildman–Crippen MR) is 62.0 cm³/mol. The predicted octanol–water partition coefficient (Wildman–Crippen LogP) is 1.56. The molecule has 0 aromatic rings. The van der Waals surface area contributed by atoms with Gasteiger partial charge in [-0.25, -0.2) is 0 Å². The third kappa shape index (κ3) is 4.49. The monoisotopic (exact) mass is 215 g/mol. The fourth-order valence-electron chi connectivity index (χ4n) is 2.44. The van der Waals surface area contributed by atoms with E-state index in [9.17, 15) is 0 Å². The minimum absolute atomic E-state index is 0.124. The Hall–Kier alpha value is -0.120. The molecule has 0 radical (unpaired) electrons. The van der Waals surface area contributed by atoms with Gasteiger partial charge in [-0.05, 0) is 24.7 Å². The molecule has 3 nitrogen and oxygen atoms in total. The van der Waals surface area contributed by atoms with Gasteiger partial charge in [-0.3, -0.25) is 0 Å². The Labute approximate surface area is 93.2 Å². The summed E-state index contributed by atoms with van der Waals surface area (Å²) in [4.78, 5) is 0. The lowest BCUT2D eigenvalue weighted by Gasteiger charge is -2.27. The van der Waals surface area contributed by atoms with E-state index in [4.69, 9.17) is 9.84 Å². The maximum atomic E-state index is 8.53. The Bertz CT molecular complexity index is 156. The average molecular weight is 215 g/mol. The van der Waals surface area contributed by atoms with Gasteiger partial charge in [-0.2, -0.15) is 0 Å². The van der Waals surface area contributed by atoms with E-state index < -0.39 is 0 Å². The fourth-order valence-corrected chi connectivity index (χ4v) is 2.44. The maximum Gasteiger partial charge on any atom is 0.0698 e. The summed E-state index contributed by atoms with van der Waals surface area (Å²) in [5.74, 6) is 0. The molecular weight excluding hydrogens is 190 g/mol. The van der Waals surface area contributed by atoms with Crippen molar-refractivity contribution in [3.63, 3.8) is 0 Å². The van der Waals surface area contributed by atoms with Gasteiger partial charge in [0.1, 0.15) is 0 Å². The molecule has 1 rings (SSSR count). The van der Waals surface area contributed by atoms with Crippen molar-refractivity contribution < 1.29 is 9.84 Å². The molecule has 3 heteroatoms. The molecule has 0 saturated heterocycles. The zero-order valence-electron chi connectivity index (χ0n) is 9.93. The lowest BCUT2D eigenvalue weighted by Crippen LogP contribution is -2.33. The van der Waals surface area contributed by atoms with E-state index in [2.05, 4.69) is 12.2 Å². The van der Waals surface area contributed by atoms with Gasteiger partial charge in [0.2, 0.25) is 0 Å². The van der Waals surface area contributed by atoms with Gasteiger partial charge < -0.3 is 15.2 Å². The summed E-state index contributed by atoms with van der Waals surface area (Å²) in [7, 11) is 0. The second-order valence-corrected chi connectivity index (χ2v) is 4.57. The smallest absolute Gasteiger partial charge is 0.0698 e. The van der Waals surface area contributed by atoms with E-state index in [1.165, 1.54) is 32.1 Å². The number of hydrogen-bond donors (Lipinski definition) is 2. The Morgan fingerprint density at radius 3 is 2.60 bits per heavy atom. The highest BCUT2D eigenvalue weighted by Crippen LogP contribution is 2.40. The topological polar surface area (TPSA) is 41.5 Å². The number of aliphatic hydroxyl groups excluding tert-OH is 1. The van der Waals surface area contributed by atoms with Crippen LogP contribution in [0, 0.1) is 5.41 Å². The number of rotatable bonds is 8. The highest BCUT2D eigenvalue weighted by Gasteiger charge is 2.31. The average Bonchev–Trinajstić information content (AvgIpc) is 2.73. The van der Waals surface area contributed by atoms with Crippen molar-refractivity contribution in [1.29, 1.82) is 0 Å². The van der Waals surface area contributed by atoms with Crippen LogP contribution in [0.25, 0.3) is 0 Å². The van der Waals surface area contributed by atoms with Crippen molar-refractivity contribution in [3.05, 3.63) is 0 Å². The molecule has 1 aliphatic carbocycles. The fraction of sp³-hybridized carbons (Fsp3) is 1.00. The number of nitrogens with one attached hydrogen (secondary N) is 1. The summed E-state index contributed by atoms with van der Waals surface area (Å²) in [6.45, 7) is 5.63. The van der Waals surface area contributed by atoms with Crippen LogP contribution in [0.4, 0.5) is 0 Å². The van der Waals surface area contributed by atoms with Crippen LogP contribution in [0.5, 0.6) is 0 Å². The van der Waals surface area contributed by atoms with Crippen molar-refractivity contribution in [1.82, 2.24) is 5.32 Å². The van der Waals surface area contributed by atoms with Gasteiger partial charge in [0.05, 0.1) is 19.8 Å². The van der Waals surface area contributed by atoms with E-state index in [0.717, 1.165) is 13.1 Å². The number of hydrogen-bond acceptors (Lipinski definition) is 3. The Morgan fingerprint density at radius 2 is 2.00 bits per heavy atom. The molecule has 1 aliphatic rings. The molecule has 0 bridgehead atoms. The molecule has 0 atom stereocenters. The van der Waals surface area contributed by atoms with Gasteiger partial charge in [0.15, 0.2) is 0 Å². The second kappa shape index (κ2) is 7.20. The van der Waals surface area contributed by atoms with E-state index in [0.29, 0.717) is 18.6 Å². The molecule has 0 amide bonds. The molecule has 0 spiro atoms. The van der Waals surface area contributed by atoms with Gasteiger partial charge in [0, 0.05) is 13.1 Å². The third-order valence-electron chi connectivity index (χ3n) is 3.57. The second-order valence-electron chi connectivity index (χ2n) is 4.57. The van der Waals surface area contributed by atoms with E-state index in [1.807, 2.05) is 0 Å². The zero-order chi connectivity index (χ0) is 11.0. The molecule has 0 unspecified atom stereocenters. The quantitative estimate of drug-likeness (QED) is 0.604. The molecule has 15 heavy (non-hydrogen) atoms. The SMILES string of the molecule is CCC1(CNCCOCCO)CCCC1. The zero-order valence-corrected chi connectivity index (χ0v) is 9.93. The van der Waals surface area contributed by atoms with Crippen LogP contribution < -0.4 is 5.32 Å². The minimum atomic E-state index is 0.124. The van der Waals surface area contributed by atoms with Crippen molar-refractivity contribution >= 4 is 0 Å². The summed E-state index contributed by atoms with van der Waals surface area (Å²) in [6.07, 6.45) is 6.85. The molecule has 90 valence electrons. The van der Waals surface area contributed by atoms with E-state index >= 15 is 0 Å². The number of aliphatic hydroxyl groups is 1. The summed E-state index contributed by atoms with van der Waals surface area (Å²) in [5.41, 5.74) is 0.566. The molecule has 1 fully saturated rings. The van der Waals surface area contributed by atoms with Crippen LogP contribution in [0.1, 0.15) is 39.0 Å². The first-order valence-corrected chi connectivity index (χ1v) is 6.22. The summed E-state index contributed by atoms with van der Waals surface area (Å²) < 4.78 is 5.20. The van der Waals surface area contributed by atoms with Crippen LogP contribution in [0.15, 0.2) is 0 Å². The number of ether oxygens (including phenoxy) is 1. The normalized spacial score (nSPS) is 19.6. The van der Waals surface area contributed by atoms with Gasteiger partial charge in [-0.15, -0.1) is 0 Å². The summed E-state index contributed by atoms with van der Waals surface area (Å²) in [5, 5.41) is 12.0. The minimum Gasteiger partial charge on any atom is -0.394 e. The van der Waals surface area contributed by atoms with Gasteiger partial charge in [0.25, 0.3) is 0 Å². The van der Waals surface area contributed by atoms with Crippen LogP contribution in [-0.2, 0) is 4.74 Å².